The Morgan fingerprint density at radius 3 is 2.50 bits per heavy atom. The van der Waals surface area contributed by atoms with E-state index in [0.29, 0.717) is 0 Å². The molecule has 1 aliphatic carbocycles. The van der Waals surface area contributed by atoms with Crippen molar-refractivity contribution in [3.8, 4) is 0 Å². The minimum absolute atomic E-state index is 0.813. The molecule has 0 heterocycles. The van der Waals surface area contributed by atoms with E-state index in [0.717, 1.165) is 30.2 Å². The monoisotopic (exact) mass is 197 g/mol. The maximum atomic E-state index is 5.87. The zero-order chi connectivity index (χ0) is 10.6. The van der Waals surface area contributed by atoms with Crippen molar-refractivity contribution in [3.05, 3.63) is 0 Å². The van der Waals surface area contributed by atoms with Crippen molar-refractivity contribution in [2.45, 2.75) is 52.9 Å². The molecule has 1 heteroatoms. The van der Waals surface area contributed by atoms with Gasteiger partial charge >= 0.3 is 0 Å². The molecule has 0 amide bonds. The van der Waals surface area contributed by atoms with Crippen molar-refractivity contribution < 1.29 is 0 Å². The minimum atomic E-state index is 0.813. The average Bonchev–Trinajstić information content (AvgIpc) is 2.27. The molecule has 1 saturated carbocycles. The van der Waals surface area contributed by atoms with E-state index in [4.69, 9.17) is 5.73 Å². The van der Waals surface area contributed by atoms with Gasteiger partial charge in [0, 0.05) is 0 Å². The van der Waals surface area contributed by atoms with Gasteiger partial charge in [-0.05, 0) is 43.1 Å². The van der Waals surface area contributed by atoms with Crippen LogP contribution < -0.4 is 5.73 Å². The van der Waals surface area contributed by atoms with E-state index in [-0.39, 0.29) is 0 Å². The fourth-order valence-electron chi connectivity index (χ4n) is 3.02. The van der Waals surface area contributed by atoms with E-state index >= 15 is 0 Å². The van der Waals surface area contributed by atoms with Crippen molar-refractivity contribution in [3.63, 3.8) is 0 Å². The molecule has 0 aromatic carbocycles. The third kappa shape index (κ3) is 2.73. The SMILES string of the molecule is CCC1CCC(CN)C(C(C)CC)C1. The predicted molar refractivity (Wildman–Crippen MR) is 63.1 cm³/mol. The van der Waals surface area contributed by atoms with E-state index in [1.165, 1.54) is 32.1 Å². The molecule has 2 N–H and O–H groups in total. The second kappa shape index (κ2) is 5.75. The molecule has 1 rings (SSSR count). The van der Waals surface area contributed by atoms with Crippen LogP contribution >= 0.6 is 0 Å². The van der Waals surface area contributed by atoms with Crippen molar-refractivity contribution in [2.24, 2.45) is 29.4 Å². The second-order valence-electron chi connectivity index (χ2n) is 5.13. The van der Waals surface area contributed by atoms with E-state index < -0.39 is 0 Å². The lowest BCUT2D eigenvalue weighted by atomic mass is 9.68. The molecular weight excluding hydrogens is 170 g/mol. The molecule has 0 aliphatic heterocycles. The van der Waals surface area contributed by atoms with Crippen LogP contribution in [0, 0.1) is 23.7 Å². The second-order valence-corrected chi connectivity index (χ2v) is 5.13. The van der Waals surface area contributed by atoms with Crippen LogP contribution in [0.3, 0.4) is 0 Å². The Bertz CT molecular complexity index is 155. The number of hydrogen-bond acceptors (Lipinski definition) is 1. The Morgan fingerprint density at radius 1 is 1.29 bits per heavy atom. The van der Waals surface area contributed by atoms with Gasteiger partial charge in [-0.15, -0.1) is 0 Å². The zero-order valence-corrected chi connectivity index (χ0v) is 10.1. The smallest absolute Gasteiger partial charge is 0.00461 e. The van der Waals surface area contributed by atoms with Gasteiger partial charge in [0.1, 0.15) is 0 Å². The van der Waals surface area contributed by atoms with Crippen molar-refractivity contribution >= 4 is 0 Å². The highest BCUT2D eigenvalue weighted by atomic mass is 14.6. The third-order valence-electron chi connectivity index (χ3n) is 4.41. The standard InChI is InChI=1S/C13H27N/c1-4-10(3)13-8-11(5-2)6-7-12(13)9-14/h10-13H,4-9,14H2,1-3H3. The first kappa shape index (κ1) is 12.0. The van der Waals surface area contributed by atoms with Crippen LogP contribution in [0.1, 0.15) is 52.9 Å². The van der Waals surface area contributed by atoms with E-state index in [1.807, 2.05) is 0 Å². The van der Waals surface area contributed by atoms with Crippen LogP contribution in [0.25, 0.3) is 0 Å². The van der Waals surface area contributed by atoms with Crippen LogP contribution in [-0.2, 0) is 0 Å². The van der Waals surface area contributed by atoms with Gasteiger partial charge in [0.15, 0.2) is 0 Å². The molecule has 84 valence electrons. The first-order valence-corrected chi connectivity index (χ1v) is 6.42. The lowest BCUT2D eigenvalue weighted by Crippen LogP contribution is -2.33. The molecule has 1 fully saturated rings. The fourth-order valence-corrected chi connectivity index (χ4v) is 3.02. The normalized spacial score (nSPS) is 35.6. The van der Waals surface area contributed by atoms with Gasteiger partial charge in [-0.1, -0.05) is 40.0 Å². The molecule has 4 atom stereocenters. The van der Waals surface area contributed by atoms with Crippen LogP contribution in [0.15, 0.2) is 0 Å². The largest absolute Gasteiger partial charge is 0.330 e. The molecule has 0 bridgehead atoms. The summed E-state index contributed by atoms with van der Waals surface area (Å²) >= 11 is 0. The topological polar surface area (TPSA) is 26.0 Å². The Hall–Kier alpha value is -0.0400. The summed E-state index contributed by atoms with van der Waals surface area (Å²) in [6, 6.07) is 0. The Balaban J connectivity index is 2.55. The number of nitrogens with two attached hydrogens (primary N) is 1. The summed E-state index contributed by atoms with van der Waals surface area (Å²) in [6.07, 6.45) is 6.92. The Labute approximate surface area is 89.5 Å². The van der Waals surface area contributed by atoms with E-state index in [2.05, 4.69) is 20.8 Å². The van der Waals surface area contributed by atoms with Gasteiger partial charge in [0.05, 0.1) is 0 Å². The Kier molecular flexibility index (Phi) is 4.94. The molecule has 0 radical (unpaired) electrons. The summed E-state index contributed by atoms with van der Waals surface area (Å²) in [7, 11) is 0. The third-order valence-corrected chi connectivity index (χ3v) is 4.41. The molecule has 1 aliphatic rings. The van der Waals surface area contributed by atoms with E-state index in [9.17, 15) is 0 Å². The number of rotatable bonds is 4. The van der Waals surface area contributed by atoms with E-state index in [1.54, 1.807) is 0 Å². The van der Waals surface area contributed by atoms with Gasteiger partial charge in [-0.25, -0.2) is 0 Å². The maximum absolute atomic E-state index is 5.87. The average molecular weight is 197 g/mol. The summed E-state index contributed by atoms with van der Waals surface area (Å²) in [5.41, 5.74) is 5.87. The lowest BCUT2D eigenvalue weighted by Gasteiger charge is -2.38. The molecule has 1 nitrogen and oxygen atoms in total. The van der Waals surface area contributed by atoms with Gasteiger partial charge < -0.3 is 5.73 Å². The molecule has 0 aromatic heterocycles. The molecule has 0 aromatic rings. The summed E-state index contributed by atoms with van der Waals surface area (Å²) < 4.78 is 0. The summed E-state index contributed by atoms with van der Waals surface area (Å²) in [5.74, 6) is 3.58. The van der Waals surface area contributed by atoms with Crippen LogP contribution in [0.5, 0.6) is 0 Å². The van der Waals surface area contributed by atoms with Crippen LogP contribution in [0.2, 0.25) is 0 Å². The van der Waals surface area contributed by atoms with Gasteiger partial charge in [0.25, 0.3) is 0 Å². The van der Waals surface area contributed by atoms with Gasteiger partial charge in [-0.2, -0.15) is 0 Å². The van der Waals surface area contributed by atoms with Crippen molar-refractivity contribution in [2.75, 3.05) is 6.54 Å². The first-order valence-electron chi connectivity index (χ1n) is 6.42. The van der Waals surface area contributed by atoms with Crippen molar-refractivity contribution in [1.29, 1.82) is 0 Å². The maximum Gasteiger partial charge on any atom is -0.00461 e. The molecule has 0 saturated heterocycles. The summed E-state index contributed by atoms with van der Waals surface area (Å²) in [6.45, 7) is 7.96. The number of hydrogen-bond donors (Lipinski definition) is 1. The summed E-state index contributed by atoms with van der Waals surface area (Å²) in [5, 5.41) is 0. The predicted octanol–water partition coefficient (Wildman–Crippen LogP) is 3.43. The summed E-state index contributed by atoms with van der Waals surface area (Å²) in [4.78, 5) is 0. The fraction of sp³-hybridized carbons (Fsp3) is 1.00. The van der Waals surface area contributed by atoms with Gasteiger partial charge in [-0.3, -0.25) is 0 Å². The van der Waals surface area contributed by atoms with Crippen LogP contribution in [0.4, 0.5) is 0 Å². The zero-order valence-electron chi connectivity index (χ0n) is 10.1. The molecule has 0 spiro atoms. The minimum Gasteiger partial charge on any atom is -0.330 e. The van der Waals surface area contributed by atoms with Crippen molar-refractivity contribution in [1.82, 2.24) is 0 Å². The Morgan fingerprint density at radius 2 is 2.00 bits per heavy atom. The van der Waals surface area contributed by atoms with Gasteiger partial charge in [0.2, 0.25) is 0 Å². The van der Waals surface area contributed by atoms with Crippen LogP contribution in [-0.4, -0.2) is 6.54 Å². The quantitative estimate of drug-likeness (QED) is 0.734. The highest BCUT2D eigenvalue weighted by molar-refractivity contribution is 4.82. The first-order chi connectivity index (χ1) is 6.72. The molecular formula is C13H27N. The highest BCUT2D eigenvalue weighted by Gasteiger charge is 2.31. The molecule has 4 unspecified atom stereocenters. The lowest BCUT2D eigenvalue weighted by molar-refractivity contribution is 0.127. The highest BCUT2D eigenvalue weighted by Crippen LogP contribution is 2.39. The molecule has 14 heavy (non-hydrogen) atoms.